The molecule has 4 N–H and O–H groups in total. The molecule has 1 rings (SSSR count). The minimum atomic E-state index is -1.10. The molecule has 5 heteroatoms. The van der Waals surface area contributed by atoms with Crippen LogP contribution in [0.3, 0.4) is 0 Å². The van der Waals surface area contributed by atoms with Crippen molar-refractivity contribution in [3.63, 3.8) is 0 Å². The van der Waals surface area contributed by atoms with E-state index in [4.69, 9.17) is 10.8 Å². The van der Waals surface area contributed by atoms with Crippen LogP contribution in [0.4, 0.5) is 5.69 Å². The number of primary amides is 1. The second-order valence-corrected chi connectivity index (χ2v) is 2.65. The van der Waals surface area contributed by atoms with Crippen LogP contribution in [0.25, 0.3) is 0 Å². The fourth-order valence-corrected chi connectivity index (χ4v) is 1.21. The molecule has 0 spiro atoms. The molecule has 0 bridgehead atoms. The molecule has 0 atom stereocenters. The van der Waals surface area contributed by atoms with Crippen LogP contribution in [-0.2, 0) is 0 Å². The number of carboxylic acids is 1. The van der Waals surface area contributed by atoms with Gasteiger partial charge < -0.3 is 16.2 Å². The molecule has 0 aliphatic rings. The number of anilines is 1. The molecule has 0 unspecified atom stereocenters. The Hall–Kier alpha value is -2.04. The number of benzene rings is 1. The zero-order valence-electron chi connectivity index (χ0n) is 7.57. The fraction of sp³-hybridized carbons (Fsp3) is 0.111. The van der Waals surface area contributed by atoms with E-state index in [9.17, 15) is 9.59 Å². The molecule has 0 radical (unpaired) electrons. The van der Waals surface area contributed by atoms with Gasteiger partial charge in [0.1, 0.15) is 0 Å². The van der Waals surface area contributed by atoms with Crippen molar-refractivity contribution >= 4 is 17.6 Å². The summed E-state index contributed by atoms with van der Waals surface area (Å²) in [4.78, 5) is 21.7. The topological polar surface area (TPSA) is 92.4 Å². The van der Waals surface area contributed by atoms with Crippen LogP contribution < -0.4 is 11.1 Å². The van der Waals surface area contributed by atoms with Crippen molar-refractivity contribution in [2.24, 2.45) is 5.73 Å². The van der Waals surface area contributed by atoms with Crippen molar-refractivity contribution in [1.82, 2.24) is 0 Å². The zero-order chi connectivity index (χ0) is 10.7. The van der Waals surface area contributed by atoms with Crippen molar-refractivity contribution in [1.29, 1.82) is 0 Å². The molecule has 0 heterocycles. The van der Waals surface area contributed by atoms with E-state index in [1.165, 1.54) is 25.2 Å². The summed E-state index contributed by atoms with van der Waals surface area (Å²) >= 11 is 0. The average molecular weight is 194 g/mol. The van der Waals surface area contributed by atoms with E-state index in [0.29, 0.717) is 0 Å². The molecular weight excluding hydrogens is 184 g/mol. The molecule has 1 aromatic rings. The third kappa shape index (κ3) is 1.66. The number of carbonyl (C=O) groups excluding carboxylic acids is 1. The van der Waals surface area contributed by atoms with Gasteiger partial charge in [0.15, 0.2) is 0 Å². The van der Waals surface area contributed by atoms with Crippen LogP contribution in [0, 0.1) is 0 Å². The first-order valence-electron chi connectivity index (χ1n) is 3.91. The van der Waals surface area contributed by atoms with Crippen LogP contribution in [0.1, 0.15) is 20.7 Å². The number of nitrogens with two attached hydrogens (primary N) is 1. The van der Waals surface area contributed by atoms with Crippen LogP contribution in [0.5, 0.6) is 0 Å². The van der Waals surface area contributed by atoms with Gasteiger partial charge in [0.05, 0.1) is 16.8 Å². The summed E-state index contributed by atoms with van der Waals surface area (Å²) in [6.45, 7) is 0. The molecule has 14 heavy (non-hydrogen) atoms. The molecule has 0 saturated carbocycles. The third-order valence-electron chi connectivity index (χ3n) is 1.81. The van der Waals surface area contributed by atoms with Gasteiger partial charge in [0, 0.05) is 7.05 Å². The van der Waals surface area contributed by atoms with E-state index in [1.54, 1.807) is 0 Å². The normalized spacial score (nSPS) is 9.50. The first kappa shape index (κ1) is 10.0. The highest BCUT2D eigenvalue weighted by Crippen LogP contribution is 2.20. The highest BCUT2D eigenvalue weighted by Gasteiger charge is 2.15. The Morgan fingerprint density at radius 2 is 1.93 bits per heavy atom. The minimum Gasteiger partial charge on any atom is -0.478 e. The van der Waals surface area contributed by atoms with Gasteiger partial charge in [0.25, 0.3) is 5.91 Å². The quantitative estimate of drug-likeness (QED) is 0.654. The Kier molecular flexibility index (Phi) is 2.71. The molecule has 0 saturated heterocycles. The maximum absolute atomic E-state index is 10.9. The average Bonchev–Trinajstić information content (AvgIpc) is 2.16. The van der Waals surface area contributed by atoms with E-state index in [1.807, 2.05) is 0 Å². The van der Waals surface area contributed by atoms with Crippen molar-refractivity contribution in [2.45, 2.75) is 0 Å². The number of nitrogens with one attached hydrogen (secondary N) is 1. The molecule has 0 aromatic heterocycles. The predicted molar refractivity (Wildman–Crippen MR) is 51.5 cm³/mol. The van der Waals surface area contributed by atoms with Crippen molar-refractivity contribution in [2.75, 3.05) is 12.4 Å². The summed E-state index contributed by atoms with van der Waals surface area (Å²) in [6, 6.07) is 4.35. The monoisotopic (exact) mass is 194 g/mol. The van der Waals surface area contributed by atoms with E-state index >= 15 is 0 Å². The Morgan fingerprint density at radius 1 is 1.36 bits per heavy atom. The lowest BCUT2D eigenvalue weighted by molar-refractivity contribution is 0.0698. The van der Waals surface area contributed by atoms with Gasteiger partial charge in [-0.2, -0.15) is 0 Å². The highest BCUT2D eigenvalue weighted by molar-refractivity contribution is 6.05. The first-order valence-corrected chi connectivity index (χ1v) is 3.91. The summed E-state index contributed by atoms with van der Waals surface area (Å²) in [7, 11) is 1.54. The second-order valence-electron chi connectivity index (χ2n) is 2.65. The Bertz CT molecular complexity index is 355. The second kappa shape index (κ2) is 3.78. The van der Waals surface area contributed by atoms with Gasteiger partial charge in [-0.25, -0.2) is 4.79 Å². The van der Waals surface area contributed by atoms with Crippen molar-refractivity contribution in [3.05, 3.63) is 29.3 Å². The first-order chi connectivity index (χ1) is 6.57. The molecule has 74 valence electrons. The van der Waals surface area contributed by atoms with Gasteiger partial charge in [-0.15, -0.1) is 0 Å². The maximum atomic E-state index is 10.9. The lowest BCUT2D eigenvalue weighted by Crippen LogP contribution is -2.15. The summed E-state index contributed by atoms with van der Waals surface area (Å²) < 4.78 is 0. The van der Waals surface area contributed by atoms with E-state index in [-0.39, 0.29) is 16.8 Å². The Morgan fingerprint density at radius 3 is 2.36 bits per heavy atom. The standard InChI is InChI=1S/C9H10N2O3/c1-11-7-5(8(10)12)3-2-4-6(7)9(13)14/h2-4,11H,1H3,(H2,10,12)(H,13,14). The van der Waals surface area contributed by atoms with E-state index in [0.717, 1.165) is 0 Å². The summed E-state index contributed by atoms with van der Waals surface area (Å²) in [5.74, 6) is -1.75. The van der Waals surface area contributed by atoms with Crippen molar-refractivity contribution < 1.29 is 14.7 Å². The van der Waals surface area contributed by atoms with Gasteiger partial charge in [-0.3, -0.25) is 4.79 Å². The lowest BCUT2D eigenvalue weighted by Gasteiger charge is -2.08. The number of aromatic carboxylic acids is 1. The summed E-state index contributed by atoms with van der Waals surface area (Å²) in [5.41, 5.74) is 5.54. The summed E-state index contributed by atoms with van der Waals surface area (Å²) in [6.07, 6.45) is 0. The van der Waals surface area contributed by atoms with Crippen LogP contribution in [-0.4, -0.2) is 24.0 Å². The van der Waals surface area contributed by atoms with Crippen LogP contribution in [0.15, 0.2) is 18.2 Å². The molecule has 1 amide bonds. The molecule has 0 aliphatic heterocycles. The molecular formula is C9H10N2O3. The fourth-order valence-electron chi connectivity index (χ4n) is 1.21. The number of rotatable bonds is 3. The molecule has 0 aliphatic carbocycles. The smallest absolute Gasteiger partial charge is 0.337 e. The largest absolute Gasteiger partial charge is 0.478 e. The molecule has 0 fully saturated rings. The summed E-state index contributed by atoms with van der Waals surface area (Å²) in [5, 5.41) is 11.5. The number of hydrogen-bond donors (Lipinski definition) is 3. The van der Waals surface area contributed by atoms with Gasteiger partial charge >= 0.3 is 5.97 Å². The third-order valence-corrected chi connectivity index (χ3v) is 1.81. The Balaban J connectivity index is 3.39. The van der Waals surface area contributed by atoms with E-state index < -0.39 is 11.9 Å². The van der Waals surface area contributed by atoms with Gasteiger partial charge in [-0.05, 0) is 12.1 Å². The van der Waals surface area contributed by atoms with Gasteiger partial charge in [-0.1, -0.05) is 6.07 Å². The maximum Gasteiger partial charge on any atom is 0.337 e. The Labute approximate surface area is 80.5 Å². The molecule has 1 aromatic carbocycles. The molecule has 5 nitrogen and oxygen atoms in total. The number of para-hydroxylation sites is 1. The lowest BCUT2D eigenvalue weighted by atomic mass is 10.1. The number of carbonyl (C=O) groups is 2. The number of amides is 1. The van der Waals surface area contributed by atoms with Crippen molar-refractivity contribution in [3.8, 4) is 0 Å². The van der Waals surface area contributed by atoms with Gasteiger partial charge in [0.2, 0.25) is 0 Å². The van der Waals surface area contributed by atoms with Crippen LogP contribution >= 0.6 is 0 Å². The number of carboxylic acid groups (broad SMARTS) is 1. The van der Waals surface area contributed by atoms with E-state index in [2.05, 4.69) is 5.32 Å². The SMILES string of the molecule is CNc1c(C(N)=O)cccc1C(=O)O. The minimum absolute atomic E-state index is 0.0313. The number of hydrogen-bond acceptors (Lipinski definition) is 3. The highest BCUT2D eigenvalue weighted by atomic mass is 16.4. The zero-order valence-corrected chi connectivity index (χ0v) is 7.57. The van der Waals surface area contributed by atoms with Crippen LogP contribution in [0.2, 0.25) is 0 Å². The predicted octanol–water partition coefficient (Wildman–Crippen LogP) is 0.525.